The second kappa shape index (κ2) is 9.25. The van der Waals surface area contributed by atoms with E-state index < -0.39 is 0 Å². The van der Waals surface area contributed by atoms with Gasteiger partial charge >= 0.3 is 0 Å². The third-order valence-corrected chi connectivity index (χ3v) is 6.84. The summed E-state index contributed by atoms with van der Waals surface area (Å²) in [5, 5.41) is 23.5. The molecular weight excluding hydrogens is 474 g/mol. The number of fused-ring (bicyclic) bond motifs is 4. The van der Waals surface area contributed by atoms with Crippen molar-refractivity contribution in [2.24, 2.45) is 10.2 Å². The Bertz CT molecular complexity index is 1770. The largest absolute Gasteiger partial charge is 0.504 e. The zero-order valence-corrected chi connectivity index (χ0v) is 21.3. The Morgan fingerprint density at radius 2 is 1.47 bits per heavy atom. The van der Waals surface area contributed by atoms with E-state index in [-0.39, 0.29) is 11.5 Å². The summed E-state index contributed by atoms with van der Waals surface area (Å²) in [4.78, 5) is 18.8. The predicted molar refractivity (Wildman–Crippen MR) is 150 cm³/mol. The monoisotopic (exact) mass is 499 g/mol. The van der Waals surface area contributed by atoms with Gasteiger partial charge in [-0.1, -0.05) is 60.2 Å². The molecule has 5 aromatic carbocycles. The average molecular weight is 500 g/mol. The molecule has 6 rings (SSSR count). The van der Waals surface area contributed by atoms with E-state index in [2.05, 4.69) is 10.2 Å². The minimum absolute atomic E-state index is 0.0139. The van der Waals surface area contributed by atoms with Gasteiger partial charge in [-0.2, -0.15) is 5.11 Å². The lowest BCUT2D eigenvalue weighted by Gasteiger charge is -2.24. The first-order valence-corrected chi connectivity index (χ1v) is 12.3. The van der Waals surface area contributed by atoms with Crippen LogP contribution in [0.15, 0.2) is 101 Å². The van der Waals surface area contributed by atoms with E-state index >= 15 is 0 Å². The smallest absolute Gasteiger partial charge is 0.194 e. The summed E-state index contributed by atoms with van der Waals surface area (Å²) in [5.41, 5.74) is 7.32. The third-order valence-electron chi connectivity index (χ3n) is 6.84. The minimum Gasteiger partial charge on any atom is -0.504 e. The number of hydrogen-bond donors (Lipinski definition) is 1. The van der Waals surface area contributed by atoms with Gasteiger partial charge in [0.2, 0.25) is 0 Å². The van der Waals surface area contributed by atoms with Crippen LogP contribution < -0.4 is 5.06 Å². The molecule has 1 aliphatic rings. The van der Waals surface area contributed by atoms with Crippen LogP contribution in [0.5, 0.6) is 5.75 Å². The van der Waals surface area contributed by atoms with Crippen LogP contribution >= 0.6 is 0 Å². The van der Waals surface area contributed by atoms with E-state index in [1.165, 1.54) is 0 Å². The van der Waals surface area contributed by atoms with Crippen LogP contribution in [0.1, 0.15) is 27.0 Å². The van der Waals surface area contributed by atoms with Crippen LogP contribution in [0.4, 0.5) is 22.7 Å². The van der Waals surface area contributed by atoms with Gasteiger partial charge in [-0.25, -0.2) is 5.06 Å². The van der Waals surface area contributed by atoms with Gasteiger partial charge in [0.25, 0.3) is 0 Å². The third kappa shape index (κ3) is 3.92. The number of anilines is 2. The summed E-state index contributed by atoms with van der Waals surface area (Å²) in [5.74, 6) is -0.0733. The predicted octanol–water partition coefficient (Wildman–Crippen LogP) is 8.49. The molecule has 38 heavy (non-hydrogen) atoms. The number of azo groups is 1. The Morgan fingerprint density at radius 3 is 2.26 bits per heavy atom. The Hall–Kier alpha value is -4.81. The summed E-state index contributed by atoms with van der Waals surface area (Å²) in [7, 11) is 1.55. The number of benzene rings is 5. The van der Waals surface area contributed by atoms with Crippen molar-refractivity contribution in [2.45, 2.75) is 13.8 Å². The van der Waals surface area contributed by atoms with Crippen molar-refractivity contribution in [2.75, 3.05) is 12.2 Å². The number of aromatic hydroxyl groups is 1. The maximum Gasteiger partial charge on any atom is 0.194 e. The fourth-order valence-electron chi connectivity index (χ4n) is 5.01. The second-order valence-corrected chi connectivity index (χ2v) is 9.44. The van der Waals surface area contributed by atoms with E-state index in [0.29, 0.717) is 28.2 Å². The first kappa shape index (κ1) is 23.6. The summed E-state index contributed by atoms with van der Waals surface area (Å²) in [6, 6.07) is 28.8. The molecule has 0 saturated carbocycles. The Balaban J connectivity index is 1.44. The fraction of sp³-hybridized carbons (Fsp3) is 0.0938. The summed E-state index contributed by atoms with van der Waals surface area (Å²) >= 11 is 0. The summed E-state index contributed by atoms with van der Waals surface area (Å²) in [6.45, 7) is 3.98. The first-order valence-electron chi connectivity index (χ1n) is 12.3. The molecule has 1 aliphatic carbocycles. The molecule has 0 saturated heterocycles. The Labute approximate surface area is 220 Å². The lowest BCUT2D eigenvalue weighted by atomic mass is 10.0. The van der Waals surface area contributed by atoms with E-state index in [1.807, 2.05) is 98.8 Å². The molecule has 0 bridgehead atoms. The van der Waals surface area contributed by atoms with Crippen molar-refractivity contribution in [3.63, 3.8) is 0 Å². The molecule has 0 aromatic heterocycles. The number of phenols is 1. The lowest BCUT2D eigenvalue weighted by Crippen LogP contribution is -2.15. The van der Waals surface area contributed by atoms with Crippen LogP contribution in [0.25, 0.3) is 21.9 Å². The molecule has 6 nitrogen and oxygen atoms in total. The van der Waals surface area contributed by atoms with Gasteiger partial charge in [0.1, 0.15) is 11.4 Å². The molecule has 0 unspecified atom stereocenters. The fourth-order valence-corrected chi connectivity index (χ4v) is 5.01. The van der Waals surface area contributed by atoms with Crippen molar-refractivity contribution in [1.29, 1.82) is 0 Å². The van der Waals surface area contributed by atoms with Crippen LogP contribution in [-0.2, 0) is 4.84 Å². The van der Waals surface area contributed by atoms with Gasteiger partial charge in [0, 0.05) is 16.5 Å². The van der Waals surface area contributed by atoms with Crippen LogP contribution in [-0.4, -0.2) is 18.0 Å². The van der Waals surface area contributed by atoms with Crippen molar-refractivity contribution < 1.29 is 14.7 Å². The van der Waals surface area contributed by atoms with Crippen molar-refractivity contribution >= 4 is 39.3 Å². The van der Waals surface area contributed by atoms with Gasteiger partial charge in [-0.3, -0.25) is 9.63 Å². The lowest BCUT2D eigenvalue weighted by molar-refractivity contribution is 0.104. The highest BCUT2D eigenvalue weighted by molar-refractivity contribution is 6.22. The molecule has 0 atom stereocenters. The minimum atomic E-state index is -0.0593. The van der Waals surface area contributed by atoms with E-state index in [4.69, 9.17) is 4.84 Å². The van der Waals surface area contributed by atoms with E-state index in [1.54, 1.807) is 18.2 Å². The quantitative estimate of drug-likeness (QED) is 0.191. The molecule has 5 aromatic rings. The Kier molecular flexibility index (Phi) is 5.74. The van der Waals surface area contributed by atoms with Crippen LogP contribution in [0.3, 0.4) is 0 Å². The number of rotatable bonds is 5. The van der Waals surface area contributed by atoms with Crippen molar-refractivity contribution in [3.05, 3.63) is 113 Å². The first-order chi connectivity index (χ1) is 18.4. The number of nitrogens with zero attached hydrogens (tertiary/aromatic N) is 3. The molecule has 0 radical (unpaired) electrons. The molecule has 0 spiro atoms. The molecule has 1 N–H and O–H groups in total. The number of ketones is 1. The van der Waals surface area contributed by atoms with Gasteiger partial charge in [0.15, 0.2) is 11.5 Å². The molecular formula is C32H25N3O3. The second-order valence-electron chi connectivity index (χ2n) is 9.44. The number of aryl methyl sites for hydroxylation is 2. The summed E-state index contributed by atoms with van der Waals surface area (Å²) in [6.07, 6.45) is 0. The average Bonchev–Trinajstić information content (AvgIpc) is 3.19. The Morgan fingerprint density at radius 1 is 0.737 bits per heavy atom. The highest BCUT2D eigenvalue weighted by Crippen LogP contribution is 2.46. The SMILES string of the molecule is CON(c1cccc(C)c1)c1cc2ccccc2c(/N=N\c2ccc3c(c2)C(=O)c2cc(C)ccc2-3)c1O. The van der Waals surface area contributed by atoms with E-state index in [0.717, 1.165) is 38.7 Å². The van der Waals surface area contributed by atoms with E-state index in [9.17, 15) is 9.90 Å². The number of carbonyl (C=O) groups is 1. The zero-order chi connectivity index (χ0) is 26.4. The standard InChI is InChI=1S/C32H25N3O3/c1-19-7-6-9-23(15-19)35(38-3)29-17-21-8-4-5-10-24(21)30(32(29)37)34-33-22-12-14-26-25-13-11-20(2)16-27(25)31(36)28(26)18-22/h4-18,37H,1-3H3/b34-33-. The molecule has 0 heterocycles. The number of carbonyl (C=O) groups excluding carboxylic acids is 1. The highest BCUT2D eigenvalue weighted by Gasteiger charge is 2.27. The summed E-state index contributed by atoms with van der Waals surface area (Å²) < 4.78 is 0. The van der Waals surface area contributed by atoms with Gasteiger partial charge < -0.3 is 5.11 Å². The van der Waals surface area contributed by atoms with Crippen molar-refractivity contribution in [3.8, 4) is 16.9 Å². The van der Waals surface area contributed by atoms with Crippen LogP contribution in [0.2, 0.25) is 0 Å². The topological polar surface area (TPSA) is 74.5 Å². The number of phenolic OH excluding ortho intramolecular Hbond substituents is 1. The molecule has 0 fully saturated rings. The molecule has 0 aliphatic heterocycles. The molecule has 186 valence electrons. The maximum atomic E-state index is 13.1. The molecule has 6 heteroatoms. The number of hydrogen-bond acceptors (Lipinski definition) is 6. The van der Waals surface area contributed by atoms with Crippen molar-refractivity contribution in [1.82, 2.24) is 0 Å². The van der Waals surface area contributed by atoms with Gasteiger partial charge in [-0.05, 0) is 72.3 Å². The van der Waals surface area contributed by atoms with Crippen LogP contribution in [0, 0.1) is 13.8 Å². The highest BCUT2D eigenvalue weighted by atomic mass is 16.7. The van der Waals surface area contributed by atoms with Gasteiger partial charge in [0.05, 0.1) is 18.5 Å². The maximum absolute atomic E-state index is 13.1. The zero-order valence-electron chi connectivity index (χ0n) is 21.3. The van der Waals surface area contributed by atoms with Gasteiger partial charge in [-0.15, -0.1) is 5.11 Å². The molecule has 0 amide bonds. The normalized spacial score (nSPS) is 12.2.